The Morgan fingerprint density at radius 1 is 1.29 bits per heavy atom. The molecule has 3 heterocycles. The Hall–Kier alpha value is -2.56. The van der Waals surface area contributed by atoms with E-state index in [4.69, 9.17) is 9.72 Å². The first-order valence-electron chi connectivity index (χ1n) is 9.99. The van der Waals surface area contributed by atoms with Crippen LogP contribution >= 0.6 is 11.3 Å². The highest BCUT2D eigenvalue weighted by Crippen LogP contribution is 2.35. The number of hydrogen-bond donors (Lipinski definition) is 0. The van der Waals surface area contributed by atoms with Crippen LogP contribution in [0.25, 0.3) is 10.2 Å². The molecule has 8 nitrogen and oxygen atoms in total. The van der Waals surface area contributed by atoms with Gasteiger partial charge in [-0.25, -0.2) is 13.4 Å². The van der Waals surface area contributed by atoms with E-state index in [2.05, 4.69) is 4.98 Å². The summed E-state index contributed by atoms with van der Waals surface area (Å²) in [5.74, 6) is 0.358. The van der Waals surface area contributed by atoms with E-state index in [0.717, 1.165) is 29.4 Å². The molecule has 4 rings (SSSR count). The summed E-state index contributed by atoms with van der Waals surface area (Å²) in [4.78, 5) is 24.1. The molecule has 164 valence electrons. The lowest BCUT2D eigenvalue weighted by Crippen LogP contribution is -2.52. The Morgan fingerprint density at radius 2 is 2.13 bits per heavy atom. The fraction of sp³-hybridized carbons (Fsp3) is 0.381. The third kappa shape index (κ3) is 4.56. The minimum atomic E-state index is -3.51. The second kappa shape index (κ2) is 8.89. The van der Waals surface area contributed by atoms with E-state index in [1.54, 1.807) is 24.4 Å². The van der Waals surface area contributed by atoms with Crippen LogP contribution in [-0.2, 0) is 21.4 Å². The topological polar surface area (TPSA) is 92.7 Å². The molecule has 0 spiro atoms. The SMILES string of the molecule is COc1cccc2sc(N(Cc3cccnc3)C(=O)C3CCCCN3S(C)(=O)=O)nc12. The van der Waals surface area contributed by atoms with E-state index in [1.165, 1.54) is 15.6 Å². The normalized spacial score (nSPS) is 17.5. The number of methoxy groups -OCH3 is 1. The van der Waals surface area contributed by atoms with Gasteiger partial charge in [-0.3, -0.25) is 14.7 Å². The first kappa shape index (κ1) is 21.7. The van der Waals surface area contributed by atoms with Gasteiger partial charge in [-0.05, 0) is 36.6 Å². The van der Waals surface area contributed by atoms with Gasteiger partial charge in [-0.15, -0.1) is 0 Å². The number of ether oxygens (including phenoxy) is 1. The van der Waals surface area contributed by atoms with Crippen molar-refractivity contribution < 1.29 is 17.9 Å². The highest BCUT2D eigenvalue weighted by atomic mass is 32.2. The molecule has 0 radical (unpaired) electrons. The van der Waals surface area contributed by atoms with Crippen LogP contribution in [0.3, 0.4) is 0 Å². The maximum absolute atomic E-state index is 13.7. The molecule has 1 aliphatic heterocycles. The van der Waals surface area contributed by atoms with Crippen molar-refractivity contribution in [2.75, 3.05) is 24.8 Å². The van der Waals surface area contributed by atoms with Crippen molar-refractivity contribution in [1.82, 2.24) is 14.3 Å². The zero-order chi connectivity index (χ0) is 22.0. The minimum Gasteiger partial charge on any atom is -0.494 e. The number of rotatable bonds is 6. The third-order valence-corrected chi connectivity index (χ3v) is 7.65. The summed E-state index contributed by atoms with van der Waals surface area (Å²) in [5, 5.41) is 0.507. The number of aromatic nitrogens is 2. The van der Waals surface area contributed by atoms with Crippen LogP contribution in [0.2, 0.25) is 0 Å². The lowest BCUT2D eigenvalue weighted by molar-refractivity contribution is -0.123. The number of carbonyl (C=O) groups excluding carboxylic acids is 1. The van der Waals surface area contributed by atoms with E-state index in [-0.39, 0.29) is 12.5 Å². The molecule has 10 heteroatoms. The van der Waals surface area contributed by atoms with Crippen LogP contribution in [0.4, 0.5) is 5.13 Å². The van der Waals surface area contributed by atoms with Gasteiger partial charge in [0.2, 0.25) is 15.9 Å². The number of pyridine rings is 1. The fourth-order valence-electron chi connectivity index (χ4n) is 3.83. The number of carbonyl (C=O) groups is 1. The Balaban J connectivity index is 1.76. The summed E-state index contributed by atoms with van der Waals surface area (Å²) in [6.07, 6.45) is 6.57. The van der Waals surface area contributed by atoms with Crippen molar-refractivity contribution in [2.45, 2.75) is 31.8 Å². The molecule has 1 saturated heterocycles. The van der Waals surface area contributed by atoms with Crippen LogP contribution in [0.1, 0.15) is 24.8 Å². The van der Waals surface area contributed by atoms with Crippen LogP contribution in [0, 0.1) is 0 Å². The molecule has 1 aliphatic rings. The quantitative estimate of drug-likeness (QED) is 0.561. The van der Waals surface area contributed by atoms with Gasteiger partial charge in [0.15, 0.2) is 5.13 Å². The van der Waals surface area contributed by atoms with Gasteiger partial charge < -0.3 is 4.74 Å². The number of hydrogen-bond acceptors (Lipinski definition) is 7. The van der Waals surface area contributed by atoms with E-state index in [9.17, 15) is 13.2 Å². The molecule has 1 aromatic carbocycles. The summed E-state index contributed by atoms with van der Waals surface area (Å²) in [7, 11) is -1.93. The maximum atomic E-state index is 13.7. The molecule has 1 unspecified atom stereocenters. The van der Waals surface area contributed by atoms with Crippen LogP contribution < -0.4 is 9.64 Å². The predicted octanol–water partition coefficient (Wildman–Crippen LogP) is 3.05. The second-order valence-corrected chi connectivity index (χ2v) is 10.4. The number of amides is 1. The number of piperidine rings is 1. The number of benzene rings is 1. The minimum absolute atomic E-state index is 0.253. The van der Waals surface area contributed by atoms with Crippen LogP contribution in [-0.4, -0.2) is 54.6 Å². The molecule has 1 amide bonds. The Labute approximate surface area is 185 Å². The Bertz CT molecular complexity index is 1180. The standard InChI is InChI=1S/C21H24N4O4S2/c1-29-17-9-5-10-18-19(17)23-21(30-18)24(14-15-7-6-11-22-13-15)20(26)16-8-3-4-12-25(16)31(2,27)28/h5-7,9-11,13,16H,3-4,8,12,14H2,1-2H3. The Kier molecular flexibility index (Phi) is 6.22. The summed E-state index contributed by atoms with van der Waals surface area (Å²) in [5.41, 5.74) is 1.52. The first-order valence-corrected chi connectivity index (χ1v) is 12.7. The second-order valence-electron chi connectivity index (χ2n) is 7.47. The van der Waals surface area contributed by atoms with Gasteiger partial charge >= 0.3 is 0 Å². The number of thiazole rings is 1. The average Bonchev–Trinajstić information content (AvgIpc) is 3.21. The molecule has 2 aromatic heterocycles. The van der Waals surface area contributed by atoms with Crippen molar-refractivity contribution in [2.24, 2.45) is 0 Å². The lowest BCUT2D eigenvalue weighted by Gasteiger charge is -2.35. The van der Waals surface area contributed by atoms with Gasteiger partial charge in [0.25, 0.3) is 0 Å². The molecule has 1 atom stereocenters. The number of sulfonamides is 1. The number of nitrogens with zero attached hydrogens (tertiary/aromatic N) is 4. The molecular weight excluding hydrogens is 436 g/mol. The summed E-state index contributed by atoms with van der Waals surface area (Å²) in [6, 6.07) is 8.58. The number of para-hydroxylation sites is 1. The largest absolute Gasteiger partial charge is 0.494 e. The summed E-state index contributed by atoms with van der Waals surface area (Å²) >= 11 is 1.38. The number of fused-ring (bicyclic) bond motifs is 1. The van der Waals surface area contributed by atoms with Gasteiger partial charge in [0.05, 0.1) is 24.6 Å². The fourth-order valence-corrected chi connectivity index (χ4v) is 5.94. The molecular formula is C21H24N4O4S2. The maximum Gasteiger partial charge on any atom is 0.247 e. The molecule has 0 saturated carbocycles. The molecule has 0 aliphatic carbocycles. The highest BCUT2D eigenvalue weighted by Gasteiger charge is 2.38. The third-order valence-electron chi connectivity index (χ3n) is 5.32. The van der Waals surface area contributed by atoms with Crippen molar-refractivity contribution >= 4 is 42.6 Å². The van der Waals surface area contributed by atoms with Crippen molar-refractivity contribution in [3.63, 3.8) is 0 Å². The molecule has 0 N–H and O–H groups in total. The summed E-state index contributed by atoms with van der Waals surface area (Å²) in [6.45, 7) is 0.604. The predicted molar refractivity (Wildman–Crippen MR) is 121 cm³/mol. The van der Waals surface area contributed by atoms with Crippen molar-refractivity contribution in [1.29, 1.82) is 0 Å². The lowest BCUT2D eigenvalue weighted by atomic mass is 10.0. The van der Waals surface area contributed by atoms with Crippen molar-refractivity contribution in [3.05, 3.63) is 48.3 Å². The zero-order valence-corrected chi connectivity index (χ0v) is 19.0. The smallest absolute Gasteiger partial charge is 0.247 e. The molecule has 0 bridgehead atoms. The molecule has 31 heavy (non-hydrogen) atoms. The number of anilines is 1. The van der Waals surface area contributed by atoms with Gasteiger partial charge in [-0.2, -0.15) is 4.31 Å². The van der Waals surface area contributed by atoms with Crippen molar-refractivity contribution in [3.8, 4) is 5.75 Å². The average molecular weight is 461 g/mol. The van der Waals surface area contributed by atoms with E-state index >= 15 is 0 Å². The van der Waals surface area contributed by atoms with Gasteiger partial charge in [0, 0.05) is 18.9 Å². The monoisotopic (exact) mass is 460 g/mol. The summed E-state index contributed by atoms with van der Waals surface area (Å²) < 4.78 is 32.4. The highest BCUT2D eigenvalue weighted by molar-refractivity contribution is 7.88. The Morgan fingerprint density at radius 3 is 2.84 bits per heavy atom. The van der Waals surface area contributed by atoms with E-state index < -0.39 is 16.1 Å². The van der Waals surface area contributed by atoms with Gasteiger partial charge in [0.1, 0.15) is 17.3 Å². The zero-order valence-electron chi connectivity index (χ0n) is 17.4. The first-order chi connectivity index (χ1) is 14.9. The van der Waals surface area contributed by atoms with Gasteiger partial charge in [-0.1, -0.05) is 29.9 Å². The van der Waals surface area contributed by atoms with E-state index in [1.807, 2.05) is 30.3 Å². The molecule has 1 fully saturated rings. The van der Waals surface area contributed by atoms with Crippen LogP contribution in [0.5, 0.6) is 5.75 Å². The molecule has 3 aromatic rings. The van der Waals surface area contributed by atoms with E-state index in [0.29, 0.717) is 29.4 Å². The van der Waals surface area contributed by atoms with Crippen LogP contribution in [0.15, 0.2) is 42.7 Å².